The summed E-state index contributed by atoms with van der Waals surface area (Å²) in [6.07, 6.45) is 52.0. The first-order valence-electron chi connectivity index (χ1n) is 46.7. The zero-order chi connectivity index (χ0) is 83.1. The zero-order valence-electron chi connectivity index (χ0n) is 74.6. The second-order valence-corrected chi connectivity index (χ2v) is 44.8. The number of benzene rings is 9. The molecule has 0 unspecified atom stereocenters. The average Bonchev–Trinajstić information content (AvgIpc) is 0.726. The van der Waals surface area contributed by atoms with Crippen molar-refractivity contribution in [1.29, 1.82) is 0 Å². The lowest BCUT2D eigenvalue weighted by molar-refractivity contribution is 0.304. The van der Waals surface area contributed by atoms with Crippen molar-refractivity contribution < 1.29 is 18.9 Å². The Labute approximate surface area is 718 Å². The molecule has 0 aliphatic rings. The van der Waals surface area contributed by atoms with E-state index in [2.05, 4.69) is 283 Å². The molecule has 0 bridgehead atoms. The number of unbranched alkanes of at least 4 members (excludes halogenated alkanes) is 36. The van der Waals surface area contributed by atoms with Crippen molar-refractivity contribution in [3.05, 3.63) is 201 Å². The molecular weight excluding hydrogens is 1470 g/mol. The van der Waals surface area contributed by atoms with Gasteiger partial charge in [-0.05, 0) is 214 Å². The van der Waals surface area contributed by atoms with Crippen molar-refractivity contribution in [2.45, 2.75) is 324 Å². The average molecular weight is 1610 g/mol. The molecule has 0 spiro atoms. The van der Waals surface area contributed by atoms with Gasteiger partial charge in [-0.2, -0.15) is 0 Å². The molecular formula is C112H142O4Si2. The molecule has 9 rings (SSSR count). The first-order chi connectivity index (χ1) is 57.6. The predicted octanol–water partition coefficient (Wildman–Crippen LogP) is 31.6. The number of hydrogen-bond acceptors (Lipinski definition) is 4. The van der Waals surface area contributed by atoms with Crippen LogP contribution < -0.4 is 18.9 Å². The molecule has 0 radical (unpaired) electrons. The van der Waals surface area contributed by atoms with Gasteiger partial charge in [0.25, 0.3) is 0 Å². The van der Waals surface area contributed by atoms with Crippen molar-refractivity contribution in [3.8, 4) is 93.3 Å². The lowest BCUT2D eigenvalue weighted by Crippen LogP contribution is -2.16. The molecule has 0 saturated heterocycles. The van der Waals surface area contributed by atoms with E-state index in [1.165, 1.54) is 231 Å². The molecule has 0 aromatic heterocycles. The summed E-state index contributed by atoms with van der Waals surface area (Å²) < 4.78 is 25.1. The summed E-state index contributed by atoms with van der Waals surface area (Å²) in [6.45, 7) is 26.0. The fraction of sp³-hybridized carbons (Fsp3) is 0.482. The van der Waals surface area contributed by atoms with E-state index in [9.17, 15) is 0 Å². The van der Waals surface area contributed by atoms with E-state index in [4.69, 9.17) is 18.9 Å². The summed E-state index contributed by atoms with van der Waals surface area (Å²) in [5.41, 5.74) is 16.8. The summed E-state index contributed by atoms with van der Waals surface area (Å²) in [4.78, 5) is 0. The standard InChI is InChI=1S/C112H142O4Si2/c1-11-15-19-23-27-31-35-39-43-47-77-113-103-67-55-91(56-68-103)51-63-95-83-99-87-109-107(75-81-117(5,6)7)111-89-101-85-97(65-53-93-59-71-105(72-60-93)115-79-49-45-41-37-33-29-25-21-17-13-3)98(66-54-94-61-73-106(74-62-94)116-80-50-46-42-38-34-30-26-22-18-14-4)86-102(101)90-112(111)108(76-82-118(8,9)10)110(109)88-100(99)84-96(95)64-52-92-57-69-104(70-58-92)114-78-48-44-40-36-32-28-24-20-16-12-2/h55-62,67-74,83-90H,11-50,77-80H2,1-10H3. The van der Waals surface area contributed by atoms with Crippen LogP contribution in [-0.4, -0.2) is 42.6 Å². The summed E-state index contributed by atoms with van der Waals surface area (Å²) in [6, 6.07) is 51.5. The summed E-state index contributed by atoms with van der Waals surface area (Å²) in [5.74, 6) is 40.1. The first kappa shape index (κ1) is 92.9. The molecule has 9 aromatic carbocycles. The minimum atomic E-state index is -1.94. The first-order valence-corrected chi connectivity index (χ1v) is 53.7. The highest BCUT2D eigenvalue weighted by atomic mass is 28.3. The third-order valence-electron chi connectivity index (χ3n) is 22.3. The lowest BCUT2D eigenvalue weighted by atomic mass is 9.87. The van der Waals surface area contributed by atoms with Crippen LogP contribution >= 0.6 is 0 Å². The van der Waals surface area contributed by atoms with Crippen LogP contribution in [0.1, 0.15) is 340 Å². The maximum absolute atomic E-state index is 6.27. The molecule has 0 saturated carbocycles. The quantitative estimate of drug-likeness (QED) is 0.0165. The van der Waals surface area contributed by atoms with E-state index < -0.39 is 16.1 Å². The fourth-order valence-corrected chi connectivity index (χ4v) is 16.2. The van der Waals surface area contributed by atoms with Crippen molar-refractivity contribution in [2.75, 3.05) is 26.4 Å². The van der Waals surface area contributed by atoms with Crippen molar-refractivity contribution in [3.63, 3.8) is 0 Å². The third kappa shape index (κ3) is 34.4. The Balaban J connectivity index is 1.07. The molecule has 0 atom stereocenters. The zero-order valence-corrected chi connectivity index (χ0v) is 76.6. The largest absolute Gasteiger partial charge is 0.494 e. The molecule has 4 nitrogen and oxygen atoms in total. The summed E-state index contributed by atoms with van der Waals surface area (Å²) in [7, 11) is -3.87. The smallest absolute Gasteiger partial charge is 0.129 e. The second kappa shape index (κ2) is 52.8. The van der Waals surface area contributed by atoms with E-state index in [1.54, 1.807) is 0 Å². The van der Waals surface area contributed by atoms with Crippen LogP contribution in [0.5, 0.6) is 23.0 Å². The number of ether oxygens (including phenoxy) is 4. The van der Waals surface area contributed by atoms with Crippen LogP contribution in [0.4, 0.5) is 0 Å². The molecule has 622 valence electrons. The van der Waals surface area contributed by atoms with E-state index in [-0.39, 0.29) is 0 Å². The van der Waals surface area contributed by atoms with Crippen LogP contribution in [0.2, 0.25) is 39.3 Å². The normalized spacial score (nSPS) is 11.2. The van der Waals surface area contributed by atoms with Crippen LogP contribution in [0.3, 0.4) is 0 Å². The van der Waals surface area contributed by atoms with Gasteiger partial charge >= 0.3 is 0 Å². The van der Waals surface area contributed by atoms with E-state index in [0.29, 0.717) is 0 Å². The predicted molar refractivity (Wildman–Crippen MR) is 516 cm³/mol. The van der Waals surface area contributed by atoms with E-state index >= 15 is 0 Å². The van der Waals surface area contributed by atoms with Crippen LogP contribution in [0.25, 0.3) is 43.1 Å². The van der Waals surface area contributed by atoms with Crippen LogP contribution in [-0.2, 0) is 0 Å². The van der Waals surface area contributed by atoms with Gasteiger partial charge in [0.2, 0.25) is 0 Å². The van der Waals surface area contributed by atoms with Gasteiger partial charge in [-0.25, -0.2) is 0 Å². The Hall–Kier alpha value is -8.99. The Morgan fingerprint density at radius 2 is 0.381 bits per heavy atom. The molecule has 118 heavy (non-hydrogen) atoms. The maximum atomic E-state index is 6.27. The van der Waals surface area contributed by atoms with Crippen LogP contribution in [0, 0.1) is 70.3 Å². The number of hydrogen-bond donors (Lipinski definition) is 0. The topological polar surface area (TPSA) is 36.9 Å². The van der Waals surface area contributed by atoms with Crippen LogP contribution in [0.15, 0.2) is 146 Å². The van der Waals surface area contributed by atoms with Gasteiger partial charge in [0, 0.05) is 55.6 Å². The Morgan fingerprint density at radius 3 is 0.559 bits per heavy atom. The van der Waals surface area contributed by atoms with Gasteiger partial charge in [0.05, 0.1) is 26.4 Å². The van der Waals surface area contributed by atoms with Gasteiger partial charge in [0.15, 0.2) is 0 Å². The van der Waals surface area contributed by atoms with Crippen molar-refractivity contribution in [2.24, 2.45) is 0 Å². The van der Waals surface area contributed by atoms with Gasteiger partial charge in [-0.1, -0.05) is 357 Å². The summed E-state index contributed by atoms with van der Waals surface area (Å²) in [5, 5.41) is 8.51. The Bertz CT molecular complexity index is 4330. The number of rotatable bonds is 48. The molecule has 0 fully saturated rings. The van der Waals surface area contributed by atoms with Gasteiger partial charge in [-0.3, -0.25) is 0 Å². The van der Waals surface area contributed by atoms with Crippen molar-refractivity contribution in [1.82, 2.24) is 0 Å². The van der Waals surface area contributed by atoms with E-state index in [1.807, 2.05) is 0 Å². The molecule has 9 aromatic rings. The van der Waals surface area contributed by atoms with Gasteiger partial charge in [0.1, 0.15) is 39.1 Å². The summed E-state index contributed by atoms with van der Waals surface area (Å²) >= 11 is 0. The highest BCUT2D eigenvalue weighted by Crippen LogP contribution is 2.39. The Kier molecular flexibility index (Phi) is 41.6. The van der Waals surface area contributed by atoms with Gasteiger partial charge < -0.3 is 18.9 Å². The Morgan fingerprint density at radius 1 is 0.203 bits per heavy atom. The molecule has 0 aliphatic heterocycles. The second-order valence-electron chi connectivity index (χ2n) is 35.3. The highest BCUT2D eigenvalue weighted by molar-refractivity contribution is 6.84. The molecule has 0 heterocycles. The minimum absolute atomic E-state index is 0.723. The maximum Gasteiger partial charge on any atom is 0.129 e. The molecule has 6 heteroatoms. The monoisotopic (exact) mass is 1610 g/mol. The van der Waals surface area contributed by atoms with Gasteiger partial charge in [-0.15, -0.1) is 11.1 Å². The third-order valence-corrected chi connectivity index (χ3v) is 24.0. The van der Waals surface area contributed by atoms with Crippen molar-refractivity contribution >= 4 is 59.2 Å². The SMILES string of the molecule is CCCCCCCCCCCCOc1ccc(C#Cc2cc3cc4c(C#C[Si](C)(C)C)c5cc6cc(C#Cc7ccc(OCCCCCCCCCCCC)cc7)c(C#Cc7ccc(OCCCCCCCCCCCC)cc7)cc6cc5c(C#C[Si](C)(C)C)c4cc3cc2C#Cc2ccc(OCCCCCCCCCCCC)cc2)cc1. The minimum Gasteiger partial charge on any atom is -0.494 e. The van der Waals surface area contributed by atoms with E-state index in [0.717, 1.165) is 174 Å². The molecule has 0 N–H and O–H groups in total. The molecule has 0 aliphatic carbocycles. The number of fused-ring (bicyclic) bond motifs is 4. The lowest BCUT2D eigenvalue weighted by Gasteiger charge is -2.16. The highest BCUT2D eigenvalue weighted by Gasteiger charge is 2.19. The molecule has 0 amide bonds. The fourth-order valence-electron chi connectivity index (χ4n) is 15.2.